The maximum Gasteiger partial charge on any atom is 0.320 e. The Morgan fingerprint density at radius 2 is 1.87 bits per heavy atom. The van der Waals surface area contributed by atoms with Crippen LogP contribution in [-0.4, -0.2) is 86.0 Å². The van der Waals surface area contributed by atoms with Crippen molar-refractivity contribution in [3.63, 3.8) is 0 Å². The molecule has 1 saturated heterocycles. The average Bonchev–Trinajstić information content (AvgIpc) is 2.89. The third-order valence-electron chi connectivity index (χ3n) is 7.66. The van der Waals surface area contributed by atoms with Gasteiger partial charge in [0.15, 0.2) is 11.5 Å². The van der Waals surface area contributed by atoms with E-state index in [0.717, 1.165) is 31.5 Å². The zero-order valence-electron chi connectivity index (χ0n) is 23.9. The summed E-state index contributed by atoms with van der Waals surface area (Å²) in [6.07, 6.45) is 3.00. The third-order valence-corrected chi connectivity index (χ3v) is 7.66. The fourth-order valence-electron chi connectivity index (χ4n) is 5.63. The standard InChI is InChI=1S/C29H48N2O8/c1-20(33)7-9-23(6-5-15-32)25(38-21(2)34)17-27(39-28(36)19-30-3)29(11-13-31-14-12-29)18-22-8-10-24(35)26(16-22)37-4/h8,10,16,20,23,25,27,30-33,35H,5-7,9,11-15,17-19H2,1-4H3/t20-,23+,25-,27+/m0/s1. The lowest BCUT2D eigenvalue weighted by molar-refractivity contribution is -0.166. The molecule has 0 unspecified atom stereocenters. The number of esters is 2. The molecule has 0 radical (unpaired) electrons. The van der Waals surface area contributed by atoms with Crippen LogP contribution in [-0.2, 0) is 25.5 Å². The topological polar surface area (TPSA) is 147 Å². The molecule has 0 spiro atoms. The Balaban J connectivity index is 2.49. The van der Waals surface area contributed by atoms with Gasteiger partial charge in [-0.05, 0) is 95.6 Å². The van der Waals surface area contributed by atoms with Gasteiger partial charge < -0.3 is 40.2 Å². The number of phenolic OH excluding ortho intramolecular Hbond substituents is 1. The first kappa shape index (κ1) is 32.8. The molecule has 10 nitrogen and oxygen atoms in total. The Hall–Kier alpha value is -2.40. The number of aromatic hydroxyl groups is 1. The fraction of sp³-hybridized carbons (Fsp3) is 0.724. The second kappa shape index (κ2) is 16.6. The van der Waals surface area contributed by atoms with Gasteiger partial charge >= 0.3 is 11.9 Å². The Bertz CT molecular complexity index is 888. The average molecular weight is 553 g/mol. The van der Waals surface area contributed by atoms with Gasteiger partial charge in [0.1, 0.15) is 12.2 Å². The van der Waals surface area contributed by atoms with E-state index in [4.69, 9.17) is 14.2 Å². The maximum absolute atomic E-state index is 12.9. The largest absolute Gasteiger partial charge is 0.504 e. The highest BCUT2D eigenvalue weighted by Gasteiger charge is 2.45. The van der Waals surface area contributed by atoms with Crippen LogP contribution >= 0.6 is 0 Å². The zero-order chi connectivity index (χ0) is 28.8. The number of phenols is 1. The van der Waals surface area contributed by atoms with Crippen molar-refractivity contribution < 1.29 is 39.1 Å². The first-order valence-electron chi connectivity index (χ1n) is 14.0. The molecule has 2 rings (SSSR count). The zero-order valence-corrected chi connectivity index (χ0v) is 23.9. The van der Waals surface area contributed by atoms with Crippen LogP contribution in [0.25, 0.3) is 0 Å². The van der Waals surface area contributed by atoms with Gasteiger partial charge in [-0.25, -0.2) is 0 Å². The second-order valence-electron chi connectivity index (χ2n) is 10.7. The van der Waals surface area contributed by atoms with Crippen LogP contribution in [0.4, 0.5) is 0 Å². The summed E-state index contributed by atoms with van der Waals surface area (Å²) in [7, 11) is 3.19. The minimum absolute atomic E-state index is 0.0108. The summed E-state index contributed by atoms with van der Waals surface area (Å²) in [5, 5.41) is 35.9. The third kappa shape index (κ3) is 10.6. The molecule has 5 N–H and O–H groups in total. The lowest BCUT2D eigenvalue weighted by Gasteiger charge is -2.45. The van der Waals surface area contributed by atoms with E-state index in [2.05, 4.69) is 10.6 Å². The van der Waals surface area contributed by atoms with Crippen LogP contribution in [0.5, 0.6) is 11.5 Å². The lowest BCUT2D eigenvalue weighted by atomic mass is 9.68. The van der Waals surface area contributed by atoms with Crippen molar-refractivity contribution in [2.24, 2.45) is 11.3 Å². The first-order chi connectivity index (χ1) is 18.6. The van der Waals surface area contributed by atoms with Crippen molar-refractivity contribution in [1.82, 2.24) is 10.6 Å². The lowest BCUT2D eigenvalue weighted by Crippen LogP contribution is -2.50. The highest BCUT2D eigenvalue weighted by atomic mass is 16.6. The van der Waals surface area contributed by atoms with Crippen LogP contribution < -0.4 is 15.4 Å². The van der Waals surface area contributed by atoms with E-state index >= 15 is 0 Å². The number of hydrogen-bond donors (Lipinski definition) is 5. The highest BCUT2D eigenvalue weighted by Crippen LogP contribution is 2.43. The molecule has 0 bridgehead atoms. The number of rotatable bonds is 17. The molecule has 1 heterocycles. The summed E-state index contributed by atoms with van der Waals surface area (Å²) in [4.78, 5) is 25.1. The number of aliphatic hydroxyl groups excluding tert-OH is 2. The summed E-state index contributed by atoms with van der Waals surface area (Å²) >= 11 is 0. The molecule has 222 valence electrons. The fourth-order valence-corrected chi connectivity index (χ4v) is 5.63. The number of ether oxygens (including phenoxy) is 3. The minimum atomic E-state index is -0.562. The molecular formula is C29H48N2O8. The number of benzene rings is 1. The van der Waals surface area contributed by atoms with E-state index in [9.17, 15) is 24.9 Å². The first-order valence-corrected chi connectivity index (χ1v) is 14.0. The Labute approximate surface area is 232 Å². The van der Waals surface area contributed by atoms with Gasteiger partial charge in [-0.1, -0.05) is 6.07 Å². The monoisotopic (exact) mass is 552 g/mol. The van der Waals surface area contributed by atoms with E-state index in [1.165, 1.54) is 14.0 Å². The number of hydrogen-bond acceptors (Lipinski definition) is 10. The molecule has 4 atom stereocenters. The Morgan fingerprint density at radius 1 is 1.15 bits per heavy atom. The van der Waals surface area contributed by atoms with Gasteiger partial charge in [0, 0.05) is 25.4 Å². The number of nitrogens with one attached hydrogen (secondary N) is 2. The number of aliphatic hydroxyl groups is 2. The van der Waals surface area contributed by atoms with Crippen LogP contribution in [0.2, 0.25) is 0 Å². The Morgan fingerprint density at radius 3 is 2.46 bits per heavy atom. The predicted octanol–water partition coefficient (Wildman–Crippen LogP) is 2.32. The van der Waals surface area contributed by atoms with Crippen molar-refractivity contribution in [2.45, 2.75) is 83.5 Å². The van der Waals surface area contributed by atoms with Gasteiger partial charge in [-0.2, -0.15) is 0 Å². The van der Waals surface area contributed by atoms with Gasteiger partial charge in [-0.15, -0.1) is 0 Å². The molecule has 0 amide bonds. The van der Waals surface area contributed by atoms with Gasteiger partial charge in [0.25, 0.3) is 0 Å². The normalized spacial score (nSPS) is 18.0. The predicted molar refractivity (Wildman–Crippen MR) is 148 cm³/mol. The Kier molecular flexibility index (Phi) is 14.0. The van der Waals surface area contributed by atoms with E-state index < -0.39 is 29.7 Å². The van der Waals surface area contributed by atoms with Crippen molar-refractivity contribution in [1.29, 1.82) is 0 Å². The van der Waals surface area contributed by atoms with Gasteiger partial charge in [-0.3, -0.25) is 9.59 Å². The van der Waals surface area contributed by atoms with Crippen molar-refractivity contribution >= 4 is 11.9 Å². The summed E-state index contributed by atoms with van der Waals surface area (Å²) in [6.45, 7) is 4.63. The smallest absolute Gasteiger partial charge is 0.320 e. The summed E-state index contributed by atoms with van der Waals surface area (Å²) < 4.78 is 17.4. The van der Waals surface area contributed by atoms with Crippen molar-refractivity contribution in [3.05, 3.63) is 23.8 Å². The summed E-state index contributed by atoms with van der Waals surface area (Å²) in [5.41, 5.74) is 0.483. The summed E-state index contributed by atoms with van der Waals surface area (Å²) in [6, 6.07) is 5.26. The maximum atomic E-state index is 12.9. The minimum Gasteiger partial charge on any atom is -0.504 e. The second-order valence-corrected chi connectivity index (χ2v) is 10.7. The number of likely N-dealkylation sites (N-methyl/N-ethyl adjacent to an activating group) is 1. The molecular weight excluding hydrogens is 504 g/mol. The molecule has 0 saturated carbocycles. The van der Waals surface area contributed by atoms with Crippen molar-refractivity contribution in [2.75, 3.05) is 40.4 Å². The van der Waals surface area contributed by atoms with Gasteiger partial charge in [0.2, 0.25) is 0 Å². The number of carbonyl (C=O) groups is 2. The molecule has 1 aliphatic heterocycles. The van der Waals surface area contributed by atoms with E-state index in [0.29, 0.717) is 44.3 Å². The van der Waals surface area contributed by atoms with E-state index in [1.54, 1.807) is 20.0 Å². The summed E-state index contributed by atoms with van der Waals surface area (Å²) in [5.74, 6) is -0.499. The molecule has 1 aromatic rings. The molecule has 0 aromatic heterocycles. The van der Waals surface area contributed by atoms with E-state index in [1.807, 2.05) is 12.1 Å². The van der Waals surface area contributed by atoms with E-state index in [-0.39, 0.29) is 30.8 Å². The molecule has 1 fully saturated rings. The molecule has 1 aliphatic rings. The quantitative estimate of drug-likeness (QED) is 0.182. The molecule has 0 aliphatic carbocycles. The SMILES string of the molecule is CNCC(=O)O[C@H](C[C@H](OC(C)=O)[C@H](CCCO)CC[C@H](C)O)C1(Cc2ccc(O)c(OC)c2)CCNCC1. The van der Waals surface area contributed by atoms with Crippen LogP contribution in [0.3, 0.4) is 0 Å². The molecule has 10 heteroatoms. The number of piperidine rings is 1. The van der Waals surface area contributed by atoms with Crippen molar-refractivity contribution in [3.8, 4) is 11.5 Å². The van der Waals surface area contributed by atoms with Crippen LogP contribution in [0, 0.1) is 11.3 Å². The van der Waals surface area contributed by atoms with Gasteiger partial charge in [0.05, 0.1) is 19.8 Å². The van der Waals surface area contributed by atoms with Crippen LogP contribution in [0.15, 0.2) is 18.2 Å². The highest BCUT2D eigenvalue weighted by molar-refractivity contribution is 5.72. The number of methoxy groups -OCH3 is 1. The molecule has 39 heavy (non-hydrogen) atoms. The molecule has 1 aromatic carbocycles. The number of carbonyl (C=O) groups excluding carboxylic acids is 2. The van der Waals surface area contributed by atoms with Crippen LogP contribution in [0.1, 0.15) is 64.4 Å².